The van der Waals surface area contributed by atoms with Gasteiger partial charge in [-0.15, -0.1) is 23.1 Å². The molecule has 2 unspecified atom stereocenters. The van der Waals surface area contributed by atoms with Crippen molar-refractivity contribution in [3.63, 3.8) is 0 Å². The monoisotopic (exact) mass is 317 g/mol. The molecule has 3 atom stereocenters. The number of thioether (sulfide) groups is 1. The number of fused-ring (bicyclic) bond motifs is 1. The molecule has 0 saturated carbocycles. The Bertz CT molecular complexity index is 552. The Hall–Kier alpha value is -0.0400. The predicted octanol–water partition coefficient (Wildman–Crippen LogP) is 2.84. The van der Waals surface area contributed by atoms with E-state index in [1.807, 2.05) is 11.8 Å². The predicted molar refractivity (Wildman–Crippen MR) is 81.8 cm³/mol. The summed E-state index contributed by atoms with van der Waals surface area (Å²) in [5.74, 6) is 0.375. The summed E-state index contributed by atoms with van der Waals surface area (Å²) in [6, 6.07) is 2.51. The minimum Gasteiger partial charge on any atom is -0.309 e. The molecule has 1 fully saturated rings. The third-order valence-corrected chi connectivity index (χ3v) is 8.58. The molecule has 0 aliphatic carbocycles. The van der Waals surface area contributed by atoms with Crippen molar-refractivity contribution < 1.29 is 8.42 Å². The number of hydrogen-bond donors (Lipinski definition) is 1. The van der Waals surface area contributed by atoms with Crippen LogP contribution < -0.4 is 5.32 Å². The zero-order valence-corrected chi connectivity index (χ0v) is 13.4. The van der Waals surface area contributed by atoms with Crippen molar-refractivity contribution in [2.24, 2.45) is 0 Å². The lowest BCUT2D eigenvalue weighted by Crippen LogP contribution is -2.35. The molecule has 1 saturated heterocycles. The molecule has 3 heterocycles. The van der Waals surface area contributed by atoms with Gasteiger partial charge in [-0.2, -0.15) is 0 Å². The molecular weight excluding hydrogens is 298 g/mol. The van der Waals surface area contributed by atoms with Gasteiger partial charge in [0, 0.05) is 17.8 Å². The first-order chi connectivity index (χ1) is 9.06. The van der Waals surface area contributed by atoms with Crippen LogP contribution in [0.4, 0.5) is 0 Å². The van der Waals surface area contributed by atoms with E-state index >= 15 is 0 Å². The van der Waals surface area contributed by atoms with Gasteiger partial charge in [-0.05, 0) is 36.3 Å². The fourth-order valence-corrected chi connectivity index (χ4v) is 7.25. The van der Waals surface area contributed by atoms with Crippen LogP contribution in [-0.4, -0.2) is 31.2 Å². The molecule has 0 aromatic carbocycles. The first-order valence-corrected chi connectivity index (χ1v) is 10.2. The van der Waals surface area contributed by atoms with Gasteiger partial charge in [0.15, 0.2) is 9.84 Å². The van der Waals surface area contributed by atoms with E-state index in [-0.39, 0.29) is 5.25 Å². The normalized spacial score (nSPS) is 33.2. The minimum atomic E-state index is -2.83. The zero-order chi connectivity index (χ0) is 13.5. The highest BCUT2D eigenvalue weighted by Gasteiger charge is 2.33. The maximum Gasteiger partial charge on any atom is 0.154 e. The molecule has 2 aliphatic heterocycles. The van der Waals surface area contributed by atoms with E-state index in [1.54, 1.807) is 11.3 Å². The summed E-state index contributed by atoms with van der Waals surface area (Å²) in [6.07, 6.45) is 2.74. The van der Waals surface area contributed by atoms with Crippen molar-refractivity contribution in [3.05, 3.63) is 17.0 Å². The van der Waals surface area contributed by atoms with Crippen molar-refractivity contribution >= 4 is 32.9 Å². The highest BCUT2D eigenvalue weighted by molar-refractivity contribution is 8.01. The standard InChI is InChI=1S/C13H19NO2S3/c1-9-7-12(11-4-5-17-13(11)18-9)14-8-10-3-2-6-19(10,15)16/h4-5,9-10,12,14H,2-3,6-8H2,1H3/t9-,10?,12?/m0/s1. The number of thiophene rings is 1. The smallest absolute Gasteiger partial charge is 0.154 e. The van der Waals surface area contributed by atoms with Crippen LogP contribution in [-0.2, 0) is 9.84 Å². The molecule has 1 N–H and O–H groups in total. The first-order valence-electron chi connectivity index (χ1n) is 6.75. The van der Waals surface area contributed by atoms with Crippen LogP contribution in [0, 0.1) is 0 Å². The fourth-order valence-electron chi connectivity index (χ4n) is 2.90. The van der Waals surface area contributed by atoms with E-state index in [0.717, 1.165) is 19.3 Å². The second-order valence-corrected chi connectivity index (χ2v) is 10.4. The Morgan fingerprint density at radius 2 is 2.32 bits per heavy atom. The van der Waals surface area contributed by atoms with Crippen molar-refractivity contribution in [2.45, 2.75) is 46.9 Å². The van der Waals surface area contributed by atoms with E-state index in [4.69, 9.17) is 0 Å². The third-order valence-electron chi connectivity index (χ3n) is 3.96. The lowest BCUT2D eigenvalue weighted by Gasteiger charge is -2.28. The van der Waals surface area contributed by atoms with E-state index in [1.165, 1.54) is 9.77 Å². The number of rotatable bonds is 3. The Balaban J connectivity index is 1.68. The fraction of sp³-hybridized carbons (Fsp3) is 0.692. The third kappa shape index (κ3) is 2.86. The van der Waals surface area contributed by atoms with Crippen LogP contribution in [0.2, 0.25) is 0 Å². The second kappa shape index (κ2) is 5.39. The van der Waals surface area contributed by atoms with Gasteiger partial charge in [0.05, 0.1) is 15.2 Å². The summed E-state index contributed by atoms with van der Waals surface area (Å²) < 4.78 is 25.1. The van der Waals surface area contributed by atoms with Crippen LogP contribution in [0.15, 0.2) is 15.7 Å². The Morgan fingerprint density at radius 3 is 3.05 bits per heavy atom. The second-order valence-electron chi connectivity index (χ2n) is 5.42. The van der Waals surface area contributed by atoms with Gasteiger partial charge in [0.2, 0.25) is 0 Å². The van der Waals surface area contributed by atoms with Gasteiger partial charge in [0.25, 0.3) is 0 Å². The highest BCUT2D eigenvalue weighted by atomic mass is 32.2. The Kier molecular flexibility index (Phi) is 3.95. The molecule has 3 nitrogen and oxygen atoms in total. The van der Waals surface area contributed by atoms with Gasteiger partial charge in [0.1, 0.15) is 0 Å². The molecular formula is C13H19NO2S3. The van der Waals surface area contributed by atoms with Crippen LogP contribution in [0.1, 0.15) is 37.8 Å². The van der Waals surface area contributed by atoms with Crippen molar-refractivity contribution in [1.29, 1.82) is 0 Å². The van der Waals surface area contributed by atoms with Crippen LogP contribution >= 0.6 is 23.1 Å². The molecule has 1 aromatic heterocycles. The number of nitrogens with one attached hydrogen (secondary N) is 1. The molecule has 106 valence electrons. The molecule has 1 aromatic rings. The maximum absolute atomic E-state index is 11.9. The Morgan fingerprint density at radius 1 is 1.47 bits per heavy atom. The minimum absolute atomic E-state index is 0.167. The quantitative estimate of drug-likeness (QED) is 0.931. The highest BCUT2D eigenvalue weighted by Crippen LogP contribution is 2.43. The molecule has 0 spiro atoms. The number of hydrogen-bond acceptors (Lipinski definition) is 5. The van der Waals surface area contributed by atoms with Gasteiger partial charge in [-0.25, -0.2) is 8.42 Å². The van der Waals surface area contributed by atoms with E-state index in [0.29, 0.717) is 23.6 Å². The summed E-state index contributed by atoms with van der Waals surface area (Å²) >= 11 is 3.74. The van der Waals surface area contributed by atoms with Crippen LogP contribution in [0.25, 0.3) is 0 Å². The average molecular weight is 318 g/mol. The Labute approximate surface area is 123 Å². The van der Waals surface area contributed by atoms with E-state index in [2.05, 4.69) is 23.7 Å². The maximum atomic E-state index is 11.9. The van der Waals surface area contributed by atoms with Gasteiger partial charge in [-0.3, -0.25) is 0 Å². The largest absolute Gasteiger partial charge is 0.309 e. The van der Waals surface area contributed by atoms with Crippen molar-refractivity contribution in [1.82, 2.24) is 5.32 Å². The zero-order valence-electron chi connectivity index (χ0n) is 11.0. The van der Waals surface area contributed by atoms with Crippen LogP contribution in [0.5, 0.6) is 0 Å². The van der Waals surface area contributed by atoms with Gasteiger partial charge < -0.3 is 5.32 Å². The molecule has 0 bridgehead atoms. The number of sulfone groups is 1. The van der Waals surface area contributed by atoms with Gasteiger partial charge >= 0.3 is 0 Å². The van der Waals surface area contributed by atoms with Gasteiger partial charge in [-0.1, -0.05) is 6.92 Å². The molecule has 0 radical (unpaired) electrons. The first kappa shape index (κ1) is 13.9. The summed E-state index contributed by atoms with van der Waals surface area (Å²) in [5, 5.41) is 6.08. The van der Waals surface area contributed by atoms with Crippen molar-refractivity contribution in [3.8, 4) is 0 Å². The summed E-state index contributed by atoms with van der Waals surface area (Å²) in [5.41, 5.74) is 1.36. The SMILES string of the molecule is C[C@H]1CC(NCC2CCCS2(=O)=O)c2ccsc2S1. The average Bonchev–Trinajstić information content (AvgIpc) is 2.92. The molecule has 3 rings (SSSR count). The molecule has 19 heavy (non-hydrogen) atoms. The molecule has 2 aliphatic rings. The molecule has 6 heteroatoms. The summed E-state index contributed by atoms with van der Waals surface area (Å²) in [6.45, 7) is 2.86. The summed E-state index contributed by atoms with van der Waals surface area (Å²) in [4.78, 5) is 0. The lowest BCUT2D eigenvalue weighted by atomic mass is 10.0. The topological polar surface area (TPSA) is 46.2 Å². The van der Waals surface area contributed by atoms with Crippen LogP contribution in [0.3, 0.4) is 0 Å². The van der Waals surface area contributed by atoms with E-state index < -0.39 is 9.84 Å². The molecule has 0 amide bonds. The van der Waals surface area contributed by atoms with E-state index in [9.17, 15) is 8.42 Å². The summed E-state index contributed by atoms with van der Waals surface area (Å²) in [7, 11) is -2.83. The van der Waals surface area contributed by atoms with Crippen molar-refractivity contribution in [2.75, 3.05) is 12.3 Å². The lowest BCUT2D eigenvalue weighted by molar-refractivity contribution is 0.478.